The van der Waals surface area contributed by atoms with Crippen LogP contribution >= 0.6 is 15.9 Å². The third-order valence-corrected chi connectivity index (χ3v) is 1.32. The maximum Gasteiger partial charge on any atom is 0.151 e. The molecule has 0 saturated carbocycles. The standard InChI is InChI=1S/C7H7BrN2/c8-4-1-3-7-9-5-2-6-10-7/h1-3,5-6H,4H2. The molecule has 0 aliphatic carbocycles. The fourth-order valence-electron chi connectivity index (χ4n) is 0.547. The van der Waals surface area contributed by atoms with E-state index in [4.69, 9.17) is 0 Å². The average Bonchev–Trinajstić information content (AvgIpc) is 2.03. The highest BCUT2D eigenvalue weighted by molar-refractivity contribution is 9.09. The Bertz CT molecular complexity index is 208. The molecule has 0 N–H and O–H groups in total. The molecule has 0 aromatic carbocycles. The van der Waals surface area contributed by atoms with Crippen molar-refractivity contribution < 1.29 is 0 Å². The third kappa shape index (κ3) is 2.27. The van der Waals surface area contributed by atoms with Gasteiger partial charge in [0.1, 0.15) is 0 Å². The first-order valence-electron chi connectivity index (χ1n) is 2.93. The molecule has 0 unspecified atom stereocenters. The van der Waals surface area contributed by atoms with Gasteiger partial charge >= 0.3 is 0 Å². The van der Waals surface area contributed by atoms with Crippen LogP contribution in [0.3, 0.4) is 0 Å². The van der Waals surface area contributed by atoms with E-state index in [-0.39, 0.29) is 0 Å². The molecule has 0 fully saturated rings. The number of hydrogen-bond acceptors (Lipinski definition) is 2. The molecule has 1 aromatic heterocycles. The van der Waals surface area contributed by atoms with Crippen molar-refractivity contribution in [1.82, 2.24) is 9.97 Å². The monoisotopic (exact) mass is 198 g/mol. The number of halogens is 1. The zero-order valence-corrected chi connectivity index (χ0v) is 6.95. The lowest BCUT2D eigenvalue weighted by Gasteiger charge is -1.86. The normalized spacial score (nSPS) is 10.5. The van der Waals surface area contributed by atoms with E-state index in [0.29, 0.717) is 0 Å². The van der Waals surface area contributed by atoms with Crippen molar-refractivity contribution in [1.29, 1.82) is 0 Å². The second kappa shape index (κ2) is 4.17. The van der Waals surface area contributed by atoms with Crippen LogP contribution in [-0.2, 0) is 0 Å². The van der Waals surface area contributed by atoms with Gasteiger partial charge in [-0.3, -0.25) is 0 Å². The van der Waals surface area contributed by atoms with Crippen LogP contribution in [0.1, 0.15) is 5.82 Å². The van der Waals surface area contributed by atoms with Gasteiger partial charge in [-0.1, -0.05) is 22.0 Å². The number of allylic oxidation sites excluding steroid dienone is 1. The highest BCUT2D eigenvalue weighted by Crippen LogP contribution is 1.91. The van der Waals surface area contributed by atoms with Crippen molar-refractivity contribution in [2.75, 3.05) is 5.33 Å². The highest BCUT2D eigenvalue weighted by Gasteiger charge is 1.82. The van der Waals surface area contributed by atoms with Gasteiger partial charge in [0.05, 0.1) is 0 Å². The van der Waals surface area contributed by atoms with Crippen LogP contribution in [0.25, 0.3) is 6.08 Å². The fourth-order valence-corrected chi connectivity index (χ4v) is 0.734. The zero-order valence-electron chi connectivity index (χ0n) is 5.37. The maximum absolute atomic E-state index is 4.00. The van der Waals surface area contributed by atoms with E-state index in [2.05, 4.69) is 25.9 Å². The first kappa shape index (κ1) is 7.41. The van der Waals surface area contributed by atoms with Gasteiger partial charge in [0, 0.05) is 17.7 Å². The van der Waals surface area contributed by atoms with Crippen molar-refractivity contribution in [2.45, 2.75) is 0 Å². The lowest BCUT2D eigenvalue weighted by atomic mass is 10.5. The van der Waals surface area contributed by atoms with Crippen LogP contribution in [0.2, 0.25) is 0 Å². The molecule has 0 atom stereocenters. The molecule has 0 aliphatic rings. The second-order valence-corrected chi connectivity index (χ2v) is 2.31. The van der Waals surface area contributed by atoms with E-state index in [0.717, 1.165) is 11.2 Å². The van der Waals surface area contributed by atoms with Crippen molar-refractivity contribution >= 4 is 22.0 Å². The van der Waals surface area contributed by atoms with Crippen molar-refractivity contribution in [3.05, 3.63) is 30.4 Å². The largest absolute Gasteiger partial charge is 0.237 e. The lowest BCUT2D eigenvalue weighted by molar-refractivity contribution is 1.13. The molecule has 1 heterocycles. The van der Waals surface area contributed by atoms with E-state index in [1.165, 1.54) is 0 Å². The Morgan fingerprint density at radius 1 is 1.40 bits per heavy atom. The fraction of sp³-hybridized carbons (Fsp3) is 0.143. The first-order valence-corrected chi connectivity index (χ1v) is 4.05. The number of rotatable bonds is 2. The summed E-state index contributed by atoms with van der Waals surface area (Å²) in [6.45, 7) is 0. The molecule has 0 aliphatic heterocycles. The van der Waals surface area contributed by atoms with E-state index in [1.807, 2.05) is 12.2 Å². The Labute approximate surface area is 68.1 Å². The van der Waals surface area contributed by atoms with Gasteiger partial charge in [-0.2, -0.15) is 0 Å². The number of hydrogen-bond donors (Lipinski definition) is 0. The molecule has 1 aromatic rings. The molecule has 0 spiro atoms. The topological polar surface area (TPSA) is 25.8 Å². The highest BCUT2D eigenvalue weighted by atomic mass is 79.9. The van der Waals surface area contributed by atoms with Gasteiger partial charge in [-0.05, 0) is 12.1 Å². The molecule has 3 heteroatoms. The predicted octanol–water partition coefficient (Wildman–Crippen LogP) is 1.88. The molecular formula is C7H7BrN2. The SMILES string of the molecule is BrCC=Cc1ncccn1. The minimum absolute atomic E-state index is 0.752. The second-order valence-electron chi connectivity index (χ2n) is 1.66. The van der Waals surface area contributed by atoms with Crippen LogP contribution in [0.15, 0.2) is 24.5 Å². The quantitative estimate of drug-likeness (QED) is 0.679. The summed E-state index contributed by atoms with van der Waals surface area (Å²) in [5.41, 5.74) is 0. The van der Waals surface area contributed by atoms with Gasteiger partial charge in [-0.15, -0.1) is 0 Å². The Morgan fingerprint density at radius 3 is 2.70 bits per heavy atom. The van der Waals surface area contributed by atoms with Gasteiger partial charge in [0.25, 0.3) is 0 Å². The molecule has 0 saturated heterocycles. The summed E-state index contributed by atoms with van der Waals surface area (Å²) >= 11 is 3.26. The molecule has 10 heavy (non-hydrogen) atoms. The summed E-state index contributed by atoms with van der Waals surface area (Å²) in [6.07, 6.45) is 7.27. The summed E-state index contributed by atoms with van der Waals surface area (Å²) in [5.74, 6) is 0.752. The van der Waals surface area contributed by atoms with Gasteiger partial charge in [0.15, 0.2) is 5.82 Å². The first-order chi connectivity index (χ1) is 4.93. The number of alkyl halides is 1. The maximum atomic E-state index is 4.00. The van der Waals surface area contributed by atoms with Crippen LogP contribution in [-0.4, -0.2) is 15.3 Å². The van der Waals surface area contributed by atoms with E-state index in [9.17, 15) is 0 Å². The van der Waals surface area contributed by atoms with E-state index in [1.54, 1.807) is 18.5 Å². The average molecular weight is 199 g/mol. The van der Waals surface area contributed by atoms with Crippen molar-refractivity contribution in [3.63, 3.8) is 0 Å². The van der Waals surface area contributed by atoms with Crippen LogP contribution < -0.4 is 0 Å². The molecule has 0 radical (unpaired) electrons. The smallest absolute Gasteiger partial charge is 0.151 e. The minimum Gasteiger partial charge on any atom is -0.237 e. The van der Waals surface area contributed by atoms with E-state index >= 15 is 0 Å². The van der Waals surface area contributed by atoms with Gasteiger partial charge in [0.2, 0.25) is 0 Å². The minimum atomic E-state index is 0.752. The Hall–Kier alpha value is -0.700. The molecule has 52 valence electrons. The summed E-state index contributed by atoms with van der Waals surface area (Å²) in [4.78, 5) is 8.00. The number of aromatic nitrogens is 2. The molecule has 1 rings (SSSR count). The zero-order chi connectivity index (χ0) is 7.23. The summed E-state index contributed by atoms with van der Waals surface area (Å²) in [5, 5.41) is 0.839. The Kier molecular flexibility index (Phi) is 3.09. The molecule has 0 bridgehead atoms. The van der Waals surface area contributed by atoms with Crippen LogP contribution in [0.4, 0.5) is 0 Å². The molecule has 2 nitrogen and oxygen atoms in total. The summed E-state index contributed by atoms with van der Waals surface area (Å²) in [6, 6.07) is 1.80. The van der Waals surface area contributed by atoms with Crippen molar-refractivity contribution in [3.8, 4) is 0 Å². The summed E-state index contributed by atoms with van der Waals surface area (Å²) in [7, 11) is 0. The van der Waals surface area contributed by atoms with Gasteiger partial charge < -0.3 is 0 Å². The third-order valence-electron chi connectivity index (χ3n) is 0.942. The van der Waals surface area contributed by atoms with E-state index < -0.39 is 0 Å². The van der Waals surface area contributed by atoms with Crippen LogP contribution in [0.5, 0.6) is 0 Å². The van der Waals surface area contributed by atoms with Gasteiger partial charge in [-0.25, -0.2) is 9.97 Å². The predicted molar refractivity (Wildman–Crippen MR) is 44.9 cm³/mol. The molecule has 0 amide bonds. The van der Waals surface area contributed by atoms with Crippen molar-refractivity contribution in [2.24, 2.45) is 0 Å². The number of nitrogens with zero attached hydrogens (tertiary/aromatic N) is 2. The summed E-state index contributed by atoms with van der Waals surface area (Å²) < 4.78 is 0. The Balaban J connectivity index is 2.67. The molecular weight excluding hydrogens is 192 g/mol. The van der Waals surface area contributed by atoms with Crippen LogP contribution in [0, 0.1) is 0 Å². The lowest BCUT2D eigenvalue weighted by Crippen LogP contribution is -1.82. The Morgan fingerprint density at radius 2 is 2.10 bits per heavy atom.